The van der Waals surface area contributed by atoms with E-state index < -0.39 is 5.91 Å². The molecule has 108 valence electrons. The normalized spacial score (nSPS) is 14.9. The van der Waals surface area contributed by atoms with E-state index in [-0.39, 0.29) is 12.5 Å². The van der Waals surface area contributed by atoms with Crippen LogP contribution < -0.4 is 16.0 Å². The van der Waals surface area contributed by atoms with Gasteiger partial charge in [-0.1, -0.05) is 12.1 Å². The Kier molecular flexibility index (Phi) is 4.57. The van der Waals surface area contributed by atoms with E-state index in [4.69, 9.17) is 5.73 Å². The van der Waals surface area contributed by atoms with Crippen LogP contribution in [-0.4, -0.2) is 56.5 Å². The molecule has 3 N–H and O–H groups in total. The van der Waals surface area contributed by atoms with E-state index >= 15 is 0 Å². The Hall–Kier alpha value is -2.08. The number of para-hydroxylation sites is 1. The van der Waals surface area contributed by atoms with Crippen molar-refractivity contribution in [3.8, 4) is 0 Å². The van der Waals surface area contributed by atoms with Gasteiger partial charge in [-0.15, -0.1) is 0 Å². The van der Waals surface area contributed by atoms with E-state index in [0.29, 0.717) is 11.3 Å². The summed E-state index contributed by atoms with van der Waals surface area (Å²) >= 11 is 0. The second-order valence-corrected chi connectivity index (χ2v) is 4.87. The Morgan fingerprint density at radius 3 is 2.60 bits per heavy atom. The topological polar surface area (TPSA) is 78.7 Å². The zero-order chi connectivity index (χ0) is 14.5. The first-order chi connectivity index (χ1) is 9.59. The first kappa shape index (κ1) is 14.3. The maximum absolute atomic E-state index is 12.2. The summed E-state index contributed by atoms with van der Waals surface area (Å²) in [5.41, 5.74) is 6.47. The van der Waals surface area contributed by atoms with Crippen molar-refractivity contribution in [3.05, 3.63) is 29.8 Å². The molecule has 0 bridgehead atoms. The zero-order valence-corrected chi connectivity index (χ0v) is 11.6. The molecule has 1 aliphatic heterocycles. The molecule has 0 saturated carbocycles. The SMILES string of the molecule is CN(CC(=O)N1CCNCC1)c1ccccc1C(N)=O. The Morgan fingerprint density at radius 2 is 1.95 bits per heavy atom. The summed E-state index contributed by atoms with van der Waals surface area (Å²) in [5.74, 6) is -0.421. The van der Waals surface area contributed by atoms with Gasteiger partial charge in [0.2, 0.25) is 5.91 Å². The number of benzene rings is 1. The fourth-order valence-electron chi connectivity index (χ4n) is 2.32. The van der Waals surface area contributed by atoms with Gasteiger partial charge in [-0.05, 0) is 12.1 Å². The number of nitrogens with one attached hydrogen (secondary N) is 1. The Morgan fingerprint density at radius 1 is 1.30 bits per heavy atom. The van der Waals surface area contributed by atoms with Crippen molar-refractivity contribution >= 4 is 17.5 Å². The van der Waals surface area contributed by atoms with Crippen LogP contribution >= 0.6 is 0 Å². The lowest BCUT2D eigenvalue weighted by molar-refractivity contribution is -0.130. The Balaban J connectivity index is 2.06. The fourth-order valence-corrected chi connectivity index (χ4v) is 2.32. The predicted molar refractivity (Wildman–Crippen MR) is 77.7 cm³/mol. The van der Waals surface area contributed by atoms with Crippen molar-refractivity contribution in [2.24, 2.45) is 5.73 Å². The predicted octanol–water partition coefficient (Wildman–Crippen LogP) is -0.346. The molecule has 1 aromatic rings. The number of piperazine rings is 1. The van der Waals surface area contributed by atoms with Crippen molar-refractivity contribution in [3.63, 3.8) is 0 Å². The summed E-state index contributed by atoms with van der Waals surface area (Å²) < 4.78 is 0. The lowest BCUT2D eigenvalue weighted by Crippen LogP contribution is -2.49. The fraction of sp³-hybridized carbons (Fsp3) is 0.429. The van der Waals surface area contributed by atoms with E-state index in [1.165, 1.54) is 0 Å². The van der Waals surface area contributed by atoms with Crippen LogP contribution in [0, 0.1) is 0 Å². The molecule has 1 aromatic carbocycles. The highest BCUT2D eigenvalue weighted by atomic mass is 16.2. The van der Waals surface area contributed by atoms with Crippen molar-refractivity contribution < 1.29 is 9.59 Å². The van der Waals surface area contributed by atoms with Crippen molar-refractivity contribution in [2.45, 2.75) is 0 Å². The lowest BCUT2D eigenvalue weighted by Gasteiger charge is -2.30. The number of nitrogens with two attached hydrogens (primary N) is 1. The molecule has 1 saturated heterocycles. The highest BCUT2D eigenvalue weighted by Gasteiger charge is 2.19. The molecule has 2 amide bonds. The van der Waals surface area contributed by atoms with Gasteiger partial charge in [-0.25, -0.2) is 0 Å². The number of rotatable bonds is 4. The van der Waals surface area contributed by atoms with Crippen LogP contribution in [0.3, 0.4) is 0 Å². The lowest BCUT2D eigenvalue weighted by atomic mass is 10.1. The van der Waals surface area contributed by atoms with Crippen molar-refractivity contribution in [1.29, 1.82) is 0 Å². The van der Waals surface area contributed by atoms with Gasteiger partial charge in [-0.2, -0.15) is 0 Å². The van der Waals surface area contributed by atoms with Crippen LogP contribution in [0.15, 0.2) is 24.3 Å². The number of amides is 2. The minimum atomic E-state index is -0.484. The van der Waals surface area contributed by atoms with Gasteiger partial charge >= 0.3 is 0 Å². The molecular weight excluding hydrogens is 256 g/mol. The molecule has 0 spiro atoms. The molecule has 6 heteroatoms. The molecule has 0 radical (unpaired) electrons. The number of carbonyl (C=O) groups is 2. The Labute approximate surface area is 118 Å². The number of primary amides is 1. The number of hydrogen-bond donors (Lipinski definition) is 2. The van der Waals surface area contributed by atoms with E-state index in [1.54, 1.807) is 30.1 Å². The number of likely N-dealkylation sites (N-methyl/N-ethyl adjacent to an activating group) is 1. The maximum atomic E-state index is 12.2. The molecule has 20 heavy (non-hydrogen) atoms. The van der Waals surface area contributed by atoms with E-state index in [9.17, 15) is 9.59 Å². The quantitative estimate of drug-likeness (QED) is 0.788. The summed E-state index contributed by atoms with van der Waals surface area (Å²) in [4.78, 5) is 27.2. The van der Waals surface area contributed by atoms with Gasteiger partial charge in [0, 0.05) is 38.9 Å². The number of nitrogens with zero attached hydrogens (tertiary/aromatic N) is 2. The van der Waals surface area contributed by atoms with Crippen LogP contribution in [-0.2, 0) is 4.79 Å². The molecule has 1 aliphatic rings. The van der Waals surface area contributed by atoms with Crippen LogP contribution in [0.25, 0.3) is 0 Å². The standard InChI is InChI=1S/C14H20N4O2/c1-17(10-13(19)18-8-6-16-7-9-18)12-5-3-2-4-11(12)14(15)20/h2-5,16H,6-10H2,1H3,(H2,15,20). The van der Waals surface area contributed by atoms with E-state index in [1.807, 2.05) is 11.0 Å². The molecule has 6 nitrogen and oxygen atoms in total. The van der Waals surface area contributed by atoms with E-state index in [0.717, 1.165) is 26.2 Å². The average molecular weight is 276 g/mol. The van der Waals surface area contributed by atoms with Crippen LogP contribution in [0.4, 0.5) is 5.69 Å². The van der Waals surface area contributed by atoms with Crippen LogP contribution in [0.5, 0.6) is 0 Å². The summed E-state index contributed by atoms with van der Waals surface area (Å²) in [5, 5.41) is 3.21. The summed E-state index contributed by atoms with van der Waals surface area (Å²) in [7, 11) is 1.79. The number of anilines is 1. The van der Waals surface area contributed by atoms with Gasteiger partial charge in [0.05, 0.1) is 12.1 Å². The van der Waals surface area contributed by atoms with E-state index in [2.05, 4.69) is 5.32 Å². The number of carbonyl (C=O) groups excluding carboxylic acids is 2. The summed E-state index contributed by atoms with van der Waals surface area (Å²) in [6.45, 7) is 3.35. The molecule has 1 heterocycles. The molecule has 0 aliphatic carbocycles. The molecule has 2 rings (SSSR count). The second kappa shape index (κ2) is 6.38. The zero-order valence-electron chi connectivity index (χ0n) is 11.6. The van der Waals surface area contributed by atoms with Gasteiger partial charge in [0.25, 0.3) is 5.91 Å². The minimum Gasteiger partial charge on any atom is -0.366 e. The highest BCUT2D eigenvalue weighted by molar-refractivity contribution is 5.99. The van der Waals surface area contributed by atoms with Crippen molar-refractivity contribution in [1.82, 2.24) is 10.2 Å². The molecule has 0 atom stereocenters. The van der Waals surface area contributed by atoms with Gasteiger partial charge < -0.3 is 20.9 Å². The molecular formula is C14H20N4O2. The average Bonchev–Trinajstić information content (AvgIpc) is 2.48. The van der Waals surface area contributed by atoms with Gasteiger partial charge in [0.1, 0.15) is 0 Å². The summed E-state index contributed by atoms with van der Waals surface area (Å²) in [6.07, 6.45) is 0. The minimum absolute atomic E-state index is 0.0632. The molecule has 1 fully saturated rings. The number of hydrogen-bond acceptors (Lipinski definition) is 4. The molecule has 0 unspecified atom stereocenters. The highest BCUT2D eigenvalue weighted by Crippen LogP contribution is 2.18. The third-order valence-corrected chi connectivity index (χ3v) is 3.42. The first-order valence-corrected chi connectivity index (χ1v) is 6.68. The van der Waals surface area contributed by atoms with Gasteiger partial charge in [-0.3, -0.25) is 9.59 Å². The first-order valence-electron chi connectivity index (χ1n) is 6.68. The summed E-state index contributed by atoms with van der Waals surface area (Å²) in [6, 6.07) is 7.05. The monoisotopic (exact) mass is 276 g/mol. The largest absolute Gasteiger partial charge is 0.366 e. The van der Waals surface area contributed by atoms with Gasteiger partial charge in [0.15, 0.2) is 0 Å². The smallest absolute Gasteiger partial charge is 0.250 e. The van der Waals surface area contributed by atoms with Crippen molar-refractivity contribution in [2.75, 3.05) is 44.7 Å². The second-order valence-electron chi connectivity index (χ2n) is 4.87. The van der Waals surface area contributed by atoms with Crippen LogP contribution in [0.2, 0.25) is 0 Å². The molecule has 0 aromatic heterocycles. The Bertz CT molecular complexity index is 498. The maximum Gasteiger partial charge on any atom is 0.250 e. The third kappa shape index (κ3) is 3.27. The third-order valence-electron chi connectivity index (χ3n) is 3.42. The van der Waals surface area contributed by atoms with Crippen LogP contribution in [0.1, 0.15) is 10.4 Å².